The molecule has 0 fully saturated rings. The molecule has 11 heteroatoms. The smallest absolute Gasteiger partial charge is 0.338 e. The van der Waals surface area contributed by atoms with E-state index in [4.69, 9.17) is 18.9 Å². The summed E-state index contributed by atoms with van der Waals surface area (Å²) in [5, 5.41) is 9.18. The molecular weight excluding hydrogens is 524 g/mol. The number of esters is 1. The van der Waals surface area contributed by atoms with Crippen molar-refractivity contribution >= 4 is 29.4 Å². The number of nitrogens with zero attached hydrogens (tertiary/aromatic N) is 2. The molecule has 0 saturated heterocycles. The predicted molar refractivity (Wildman–Crippen MR) is 144 cm³/mol. The molecule has 4 rings (SSSR count). The third-order valence-electron chi connectivity index (χ3n) is 6.03. The largest absolute Gasteiger partial charge is 0.493 e. The van der Waals surface area contributed by atoms with Crippen LogP contribution < -0.4 is 24.4 Å². The molecular formula is C28H28N2O8S. The molecule has 1 aromatic heterocycles. The highest BCUT2D eigenvalue weighted by Gasteiger charge is 2.36. The first-order chi connectivity index (χ1) is 18.8. The molecule has 0 unspecified atom stereocenters. The molecule has 0 radical (unpaired) electrons. The zero-order valence-corrected chi connectivity index (χ0v) is 22.7. The first kappa shape index (κ1) is 27.8. The van der Waals surface area contributed by atoms with E-state index in [0.717, 1.165) is 0 Å². The molecule has 3 aromatic rings. The summed E-state index contributed by atoms with van der Waals surface area (Å²) in [6.07, 6.45) is 1.66. The van der Waals surface area contributed by atoms with Crippen LogP contribution in [0, 0.1) is 0 Å². The van der Waals surface area contributed by atoms with Crippen LogP contribution in [0.1, 0.15) is 41.4 Å². The number of aromatic carboxylic acids is 1. The van der Waals surface area contributed by atoms with Gasteiger partial charge in [-0.15, -0.1) is 0 Å². The first-order valence-electron chi connectivity index (χ1n) is 12.1. The van der Waals surface area contributed by atoms with Crippen molar-refractivity contribution < 1.29 is 33.6 Å². The van der Waals surface area contributed by atoms with Crippen molar-refractivity contribution in [3.63, 3.8) is 0 Å². The Morgan fingerprint density at radius 3 is 2.51 bits per heavy atom. The van der Waals surface area contributed by atoms with Gasteiger partial charge in [-0.25, -0.2) is 14.6 Å². The van der Waals surface area contributed by atoms with Gasteiger partial charge in [0.15, 0.2) is 16.3 Å². The maximum absolute atomic E-state index is 13.9. The molecule has 1 aliphatic rings. The summed E-state index contributed by atoms with van der Waals surface area (Å²) in [4.78, 5) is 43.4. The Kier molecular flexibility index (Phi) is 8.62. The van der Waals surface area contributed by atoms with Crippen molar-refractivity contribution in [3.05, 3.63) is 90.1 Å². The number of rotatable bonds is 10. The summed E-state index contributed by atoms with van der Waals surface area (Å²) >= 11 is 1.17. The van der Waals surface area contributed by atoms with Crippen molar-refractivity contribution in [1.82, 2.24) is 4.57 Å². The zero-order valence-electron chi connectivity index (χ0n) is 21.9. The van der Waals surface area contributed by atoms with Gasteiger partial charge in [-0.3, -0.25) is 9.36 Å². The third kappa shape index (κ3) is 5.64. The lowest BCUT2D eigenvalue weighted by atomic mass is 9.94. The van der Waals surface area contributed by atoms with Crippen LogP contribution in [0.4, 0.5) is 0 Å². The van der Waals surface area contributed by atoms with Crippen molar-refractivity contribution in [2.24, 2.45) is 4.99 Å². The lowest BCUT2D eigenvalue weighted by Crippen LogP contribution is -2.40. The standard InChI is InChI=1S/C28H28N2O8S/c1-5-37-24-19(7-6-8-20(24)36-4)23-22(27(34)38-14-13-35-3)16(2)29-28-30(23)25(31)21(39-28)15-17-9-11-18(12-10-17)26(32)33/h6-12,15,23H,5,13-14H2,1-4H3,(H,32,33)/b21-15+/t23-/m1/s1. The number of benzene rings is 2. The van der Waals surface area contributed by atoms with Crippen LogP contribution in [0.25, 0.3) is 6.08 Å². The van der Waals surface area contributed by atoms with E-state index in [1.165, 1.54) is 42.3 Å². The van der Waals surface area contributed by atoms with Crippen LogP contribution in [0.2, 0.25) is 0 Å². The van der Waals surface area contributed by atoms with Gasteiger partial charge in [0.2, 0.25) is 0 Å². The highest BCUT2D eigenvalue weighted by atomic mass is 32.1. The number of thiazole rings is 1. The number of hydrogen-bond donors (Lipinski definition) is 1. The van der Waals surface area contributed by atoms with Crippen molar-refractivity contribution in [2.45, 2.75) is 19.9 Å². The Bertz CT molecular complexity index is 1600. The first-order valence-corrected chi connectivity index (χ1v) is 12.9. The number of hydrogen-bond acceptors (Lipinski definition) is 9. The van der Waals surface area contributed by atoms with Gasteiger partial charge in [-0.2, -0.15) is 0 Å². The molecule has 2 aromatic carbocycles. The van der Waals surface area contributed by atoms with Gasteiger partial charge < -0.3 is 24.1 Å². The average molecular weight is 553 g/mol. The number of carboxylic acid groups (broad SMARTS) is 1. The minimum atomic E-state index is -1.04. The molecule has 10 nitrogen and oxygen atoms in total. The highest BCUT2D eigenvalue weighted by Crippen LogP contribution is 2.40. The number of ether oxygens (including phenoxy) is 4. The van der Waals surface area contributed by atoms with E-state index in [0.29, 0.717) is 44.3 Å². The van der Waals surface area contributed by atoms with Crippen molar-refractivity contribution in [2.75, 3.05) is 34.0 Å². The minimum Gasteiger partial charge on any atom is -0.493 e. The normalized spacial score (nSPS) is 15.0. The summed E-state index contributed by atoms with van der Waals surface area (Å²) in [7, 11) is 3.02. The van der Waals surface area contributed by atoms with Gasteiger partial charge in [0.25, 0.3) is 5.56 Å². The summed E-state index contributed by atoms with van der Waals surface area (Å²) in [6.45, 7) is 4.11. The SMILES string of the molecule is CCOc1c(OC)cccc1[C@@H]1C(C(=O)OCCOC)=C(C)N=c2s/c(=C/c3ccc(C(=O)O)cc3)c(=O)n21. The van der Waals surface area contributed by atoms with Crippen LogP contribution in [0.3, 0.4) is 0 Å². The molecule has 2 heterocycles. The molecule has 1 atom stereocenters. The van der Waals surface area contributed by atoms with Crippen LogP contribution in [0.5, 0.6) is 11.5 Å². The minimum absolute atomic E-state index is 0.0338. The monoisotopic (exact) mass is 552 g/mol. The number of methoxy groups -OCH3 is 2. The summed E-state index contributed by atoms with van der Waals surface area (Å²) in [5.74, 6) is -0.799. The summed E-state index contributed by atoms with van der Waals surface area (Å²) < 4.78 is 23.8. The van der Waals surface area contributed by atoms with Crippen LogP contribution in [0.15, 0.2) is 63.5 Å². The lowest BCUT2D eigenvalue weighted by Gasteiger charge is -2.27. The molecule has 0 bridgehead atoms. The second-order valence-electron chi connectivity index (χ2n) is 8.45. The number of fused-ring (bicyclic) bond motifs is 1. The third-order valence-corrected chi connectivity index (χ3v) is 7.01. The molecule has 39 heavy (non-hydrogen) atoms. The second-order valence-corrected chi connectivity index (χ2v) is 9.46. The number of aromatic nitrogens is 1. The Morgan fingerprint density at radius 2 is 1.87 bits per heavy atom. The van der Waals surface area contributed by atoms with Gasteiger partial charge in [0.05, 0.1) is 41.7 Å². The van der Waals surface area contributed by atoms with Gasteiger partial charge >= 0.3 is 11.9 Å². The topological polar surface area (TPSA) is 126 Å². The Labute approximate surface area is 228 Å². The molecule has 0 spiro atoms. The van der Waals surface area contributed by atoms with Crippen molar-refractivity contribution in [1.29, 1.82) is 0 Å². The maximum atomic E-state index is 13.9. The predicted octanol–water partition coefficient (Wildman–Crippen LogP) is 2.53. The van der Waals surface area contributed by atoms with Gasteiger partial charge in [0.1, 0.15) is 12.6 Å². The van der Waals surface area contributed by atoms with E-state index in [9.17, 15) is 19.5 Å². The van der Waals surface area contributed by atoms with E-state index < -0.39 is 18.0 Å². The fraction of sp³-hybridized carbons (Fsp3) is 0.286. The zero-order chi connectivity index (χ0) is 28.1. The molecule has 1 N–H and O–H groups in total. The fourth-order valence-corrected chi connectivity index (χ4v) is 5.30. The summed E-state index contributed by atoms with van der Waals surface area (Å²) in [6, 6.07) is 10.6. The molecule has 204 valence electrons. The molecule has 0 saturated carbocycles. The number of para-hydroxylation sites is 1. The highest BCUT2D eigenvalue weighted by molar-refractivity contribution is 7.07. The lowest BCUT2D eigenvalue weighted by molar-refractivity contribution is -0.140. The average Bonchev–Trinajstić information content (AvgIpc) is 3.22. The van der Waals surface area contributed by atoms with Crippen LogP contribution in [-0.2, 0) is 14.3 Å². The Balaban J connectivity index is 1.94. The molecule has 1 aliphatic heterocycles. The van der Waals surface area contributed by atoms with Gasteiger partial charge in [-0.1, -0.05) is 35.6 Å². The Morgan fingerprint density at radius 1 is 1.13 bits per heavy atom. The quantitative estimate of drug-likeness (QED) is 0.301. The van der Waals surface area contributed by atoms with Gasteiger partial charge in [0, 0.05) is 12.7 Å². The second kappa shape index (κ2) is 12.1. The van der Waals surface area contributed by atoms with E-state index in [-0.39, 0.29) is 29.9 Å². The maximum Gasteiger partial charge on any atom is 0.338 e. The van der Waals surface area contributed by atoms with E-state index in [2.05, 4.69) is 4.99 Å². The Hall–Kier alpha value is -4.22. The summed E-state index contributed by atoms with van der Waals surface area (Å²) in [5.41, 5.74) is 1.57. The number of carboxylic acids is 1. The number of carbonyl (C=O) groups is 2. The van der Waals surface area contributed by atoms with Crippen LogP contribution in [-0.4, -0.2) is 55.7 Å². The van der Waals surface area contributed by atoms with Crippen molar-refractivity contribution in [3.8, 4) is 11.5 Å². The van der Waals surface area contributed by atoms with E-state index >= 15 is 0 Å². The van der Waals surface area contributed by atoms with E-state index in [1.807, 2.05) is 6.92 Å². The van der Waals surface area contributed by atoms with Crippen LogP contribution >= 0.6 is 11.3 Å². The number of allylic oxidation sites excluding steroid dienone is 1. The molecule has 0 amide bonds. The molecule has 0 aliphatic carbocycles. The fourth-order valence-electron chi connectivity index (χ4n) is 4.25. The van der Waals surface area contributed by atoms with Gasteiger partial charge in [-0.05, 0) is 43.7 Å². The number of carbonyl (C=O) groups excluding carboxylic acids is 1. The van der Waals surface area contributed by atoms with E-state index in [1.54, 1.807) is 43.3 Å².